The first-order chi connectivity index (χ1) is 10.7. The first-order valence-electron chi connectivity index (χ1n) is 7.61. The first kappa shape index (κ1) is 14.2. The Hall–Kier alpha value is -1.36. The number of halogens is 1. The highest BCUT2D eigenvalue weighted by atomic mass is 35.5. The van der Waals surface area contributed by atoms with Crippen molar-refractivity contribution in [3.63, 3.8) is 0 Å². The summed E-state index contributed by atoms with van der Waals surface area (Å²) in [6.07, 6.45) is 3.32. The van der Waals surface area contributed by atoms with Crippen molar-refractivity contribution in [2.45, 2.75) is 25.0 Å². The summed E-state index contributed by atoms with van der Waals surface area (Å²) >= 11 is 7.63. The molecule has 1 aromatic heterocycles. The molecule has 5 heteroatoms. The van der Waals surface area contributed by atoms with Crippen molar-refractivity contribution < 1.29 is 9.68 Å². The molecule has 2 aliphatic heterocycles. The van der Waals surface area contributed by atoms with E-state index in [0.717, 1.165) is 35.0 Å². The van der Waals surface area contributed by atoms with Gasteiger partial charge in [-0.3, -0.25) is 0 Å². The highest BCUT2D eigenvalue weighted by molar-refractivity contribution is 7.10. The molecule has 4 rings (SSSR count). The standard InChI is InChI=1S/C17H18ClN2OS/c18-13-6-8-14(9-7-13)19-12-17(21,15-4-3-11-22-15)20-10-2-1-5-16(19)20/h3-4,6-9,11,21H,1-2,5,10,12H2/q+1/t17-/m0/s1. The number of aliphatic hydroxyl groups is 1. The third kappa shape index (κ3) is 2.18. The number of hydrogen-bond acceptors (Lipinski definition) is 3. The van der Waals surface area contributed by atoms with Gasteiger partial charge in [0.25, 0.3) is 11.6 Å². The zero-order chi connectivity index (χ0) is 15.2. The molecular formula is C17H18ClN2OS+. The minimum absolute atomic E-state index is 0.574. The van der Waals surface area contributed by atoms with Crippen LogP contribution in [0.4, 0.5) is 5.69 Å². The van der Waals surface area contributed by atoms with E-state index in [1.165, 1.54) is 12.3 Å². The maximum atomic E-state index is 11.4. The van der Waals surface area contributed by atoms with Crippen molar-refractivity contribution in [1.29, 1.82) is 0 Å². The second-order valence-corrected chi connectivity index (χ2v) is 7.27. The molecule has 1 N–H and O–H groups in total. The number of thiophene rings is 1. The number of nitrogens with zero attached hydrogens (tertiary/aromatic N) is 2. The van der Waals surface area contributed by atoms with Crippen LogP contribution in [0.15, 0.2) is 41.8 Å². The molecule has 2 aliphatic rings. The van der Waals surface area contributed by atoms with Crippen LogP contribution in [0.1, 0.15) is 24.1 Å². The van der Waals surface area contributed by atoms with Gasteiger partial charge in [-0.15, -0.1) is 11.3 Å². The molecule has 0 aliphatic carbocycles. The molecule has 3 nitrogen and oxygen atoms in total. The molecule has 1 atom stereocenters. The Balaban J connectivity index is 1.79. The molecule has 0 saturated heterocycles. The third-order valence-electron chi connectivity index (χ3n) is 4.53. The van der Waals surface area contributed by atoms with E-state index in [0.29, 0.717) is 6.54 Å². The predicted molar refractivity (Wildman–Crippen MR) is 91.0 cm³/mol. The molecule has 0 radical (unpaired) electrons. The van der Waals surface area contributed by atoms with Crippen molar-refractivity contribution in [1.82, 2.24) is 0 Å². The number of β-amino-alcohol motifs (C(OH)–C–C–N with tert-alkyl or cyclic N) is 1. The van der Waals surface area contributed by atoms with Crippen LogP contribution in [0.2, 0.25) is 5.02 Å². The summed E-state index contributed by atoms with van der Waals surface area (Å²) in [5.41, 5.74) is 0.183. The lowest BCUT2D eigenvalue weighted by Crippen LogP contribution is -2.40. The lowest BCUT2D eigenvalue weighted by molar-refractivity contribution is -0.660. The molecule has 0 unspecified atom stereocenters. The molecule has 114 valence electrons. The van der Waals surface area contributed by atoms with Gasteiger partial charge in [0.05, 0.1) is 11.4 Å². The van der Waals surface area contributed by atoms with Crippen LogP contribution in [0.5, 0.6) is 0 Å². The summed E-state index contributed by atoms with van der Waals surface area (Å²) < 4.78 is 2.19. The van der Waals surface area contributed by atoms with Crippen molar-refractivity contribution in [2.24, 2.45) is 0 Å². The number of amidine groups is 1. The fraction of sp³-hybridized carbons (Fsp3) is 0.353. The second kappa shape index (κ2) is 5.37. The molecule has 0 fully saturated rings. The highest BCUT2D eigenvalue weighted by Gasteiger charge is 2.53. The largest absolute Gasteiger partial charge is 0.346 e. The van der Waals surface area contributed by atoms with Crippen molar-refractivity contribution in [3.05, 3.63) is 51.7 Å². The fourth-order valence-corrected chi connectivity index (χ4v) is 4.42. The minimum Gasteiger partial charge on any atom is -0.346 e. The molecule has 3 heterocycles. The molecule has 1 aromatic carbocycles. The molecule has 0 amide bonds. The topological polar surface area (TPSA) is 26.5 Å². The molecular weight excluding hydrogens is 316 g/mol. The van der Waals surface area contributed by atoms with Crippen LogP contribution in [-0.2, 0) is 5.72 Å². The monoisotopic (exact) mass is 333 g/mol. The zero-order valence-corrected chi connectivity index (χ0v) is 13.8. The van der Waals surface area contributed by atoms with E-state index in [1.54, 1.807) is 11.3 Å². The van der Waals surface area contributed by atoms with E-state index < -0.39 is 5.72 Å². The third-order valence-corrected chi connectivity index (χ3v) is 5.80. The first-order valence-corrected chi connectivity index (χ1v) is 8.87. The SMILES string of the molecule is O[C@]1(c2cccs2)CN(c2ccc(Cl)cc2)C2=[N+]1CCCC2. The number of benzene rings is 1. The predicted octanol–water partition coefficient (Wildman–Crippen LogP) is 3.66. The van der Waals surface area contributed by atoms with Crippen LogP contribution in [0.3, 0.4) is 0 Å². The Kier molecular flexibility index (Phi) is 3.48. The minimum atomic E-state index is -0.913. The lowest BCUT2D eigenvalue weighted by atomic mass is 10.1. The van der Waals surface area contributed by atoms with E-state index >= 15 is 0 Å². The van der Waals surface area contributed by atoms with Crippen LogP contribution < -0.4 is 4.90 Å². The van der Waals surface area contributed by atoms with E-state index in [1.807, 2.05) is 41.8 Å². The summed E-state index contributed by atoms with van der Waals surface area (Å²) in [6, 6.07) is 11.9. The normalized spacial score (nSPS) is 24.7. The van der Waals surface area contributed by atoms with Crippen LogP contribution in [0.25, 0.3) is 0 Å². The molecule has 0 saturated carbocycles. The summed E-state index contributed by atoms with van der Waals surface area (Å²) in [6.45, 7) is 1.48. The molecule has 22 heavy (non-hydrogen) atoms. The maximum Gasteiger partial charge on any atom is 0.280 e. The van der Waals surface area contributed by atoms with Gasteiger partial charge in [0.2, 0.25) is 0 Å². The Morgan fingerprint density at radius 3 is 2.73 bits per heavy atom. The Morgan fingerprint density at radius 1 is 1.18 bits per heavy atom. The fourth-order valence-electron chi connectivity index (χ4n) is 3.47. The average molecular weight is 334 g/mol. The van der Waals surface area contributed by atoms with Crippen molar-refractivity contribution in [3.8, 4) is 0 Å². The van der Waals surface area contributed by atoms with Gasteiger partial charge in [0, 0.05) is 11.4 Å². The van der Waals surface area contributed by atoms with Gasteiger partial charge in [-0.05, 0) is 48.6 Å². The molecule has 2 aromatic rings. The zero-order valence-electron chi connectivity index (χ0n) is 12.2. The van der Waals surface area contributed by atoms with Gasteiger partial charge in [-0.25, -0.2) is 9.48 Å². The average Bonchev–Trinajstić information content (AvgIpc) is 3.17. The smallest absolute Gasteiger partial charge is 0.280 e. The van der Waals surface area contributed by atoms with Gasteiger partial charge in [0.1, 0.15) is 5.69 Å². The highest BCUT2D eigenvalue weighted by Crippen LogP contribution is 2.37. The second-order valence-electron chi connectivity index (χ2n) is 5.88. The van der Waals surface area contributed by atoms with Gasteiger partial charge < -0.3 is 5.11 Å². The van der Waals surface area contributed by atoms with Crippen LogP contribution >= 0.6 is 22.9 Å². The van der Waals surface area contributed by atoms with Gasteiger partial charge >= 0.3 is 0 Å². The number of anilines is 1. The summed E-state index contributed by atoms with van der Waals surface area (Å²) in [7, 11) is 0. The Labute approximate surface area is 139 Å². The number of rotatable bonds is 2. The van der Waals surface area contributed by atoms with Crippen LogP contribution in [0, 0.1) is 0 Å². The molecule has 0 spiro atoms. The number of hydrogen-bond donors (Lipinski definition) is 1. The summed E-state index contributed by atoms with van der Waals surface area (Å²) in [5.74, 6) is 1.23. The van der Waals surface area contributed by atoms with Gasteiger partial charge in [-0.2, -0.15) is 0 Å². The lowest BCUT2D eigenvalue weighted by Gasteiger charge is -2.22. The molecule has 0 bridgehead atoms. The van der Waals surface area contributed by atoms with Gasteiger partial charge in [0.15, 0.2) is 6.54 Å². The quantitative estimate of drug-likeness (QED) is 0.849. The van der Waals surface area contributed by atoms with E-state index in [4.69, 9.17) is 11.6 Å². The maximum absolute atomic E-state index is 11.4. The van der Waals surface area contributed by atoms with E-state index in [9.17, 15) is 5.11 Å². The van der Waals surface area contributed by atoms with Crippen molar-refractivity contribution >= 4 is 34.5 Å². The summed E-state index contributed by atoms with van der Waals surface area (Å²) in [4.78, 5) is 3.26. The Bertz CT molecular complexity index is 711. The van der Waals surface area contributed by atoms with Crippen molar-refractivity contribution in [2.75, 3.05) is 18.0 Å². The Morgan fingerprint density at radius 2 is 2.00 bits per heavy atom. The van der Waals surface area contributed by atoms with Crippen LogP contribution in [-0.4, -0.2) is 28.6 Å². The van der Waals surface area contributed by atoms with E-state index in [2.05, 4.69) is 9.48 Å². The van der Waals surface area contributed by atoms with Gasteiger partial charge in [-0.1, -0.05) is 17.7 Å². The summed E-state index contributed by atoms with van der Waals surface area (Å²) in [5, 5.41) is 14.1. The van der Waals surface area contributed by atoms with E-state index in [-0.39, 0.29) is 0 Å².